The van der Waals surface area contributed by atoms with E-state index in [1.165, 1.54) is 22.5 Å². The molecule has 0 aliphatic carbocycles. The fourth-order valence-corrected chi connectivity index (χ4v) is 1.99. The number of pyridine rings is 1. The van der Waals surface area contributed by atoms with Gasteiger partial charge in [-0.25, -0.2) is 0 Å². The predicted octanol–water partition coefficient (Wildman–Crippen LogP) is 1.90. The molecule has 0 fully saturated rings. The van der Waals surface area contributed by atoms with Gasteiger partial charge in [0.25, 0.3) is 0 Å². The molecule has 0 saturated carbocycles. The number of hydrogen-bond acceptors (Lipinski definition) is 2. The van der Waals surface area contributed by atoms with Crippen molar-refractivity contribution in [1.82, 2.24) is 9.88 Å². The lowest BCUT2D eigenvalue weighted by atomic mass is 10.1. The quantitative estimate of drug-likeness (QED) is 0.649. The summed E-state index contributed by atoms with van der Waals surface area (Å²) in [5, 5.41) is 0. The van der Waals surface area contributed by atoms with Crippen LogP contribution in [0.2, 0.25) is 0 Å². The van der Waals surface area contributed by atoms with E-state index in [2.05, 4.69) is 36.8 Å². The first-order valence-corrected chi connectivity index (χ1v) is 4.87. The molecule has 0 unspecified atom stereocenters. The topological polar surface area (TPSA) is 16.1 Å². The summed E-state index contributed by atoms with van der Waals surface area (Å²) in [6, 6.07) is 2.26. The van der Waals surface area contributed by atoms with Crippen LogP contribution in [0.3, 0.4) is 0 Å². The molecule has 1 aromatic rings. The van der Waals surface area contributed by atoms with Crippen molar-refractivity contribution < 1.29 is 0 Å². The first-order valence-electron chi connectivity index (χ1n) is 4.87. The molecule has 13 heavy (non-hydrogen) atoms. The molecular weight excluding hydrogens is 160 g/mol. The van der Waals surface area contributed by atoms with E-state index < -0.39 is 0 Å². The molecule has 70 valence electrons. The number of hydrogen-bond donors (Lipinski definition) is 0. The molecule has 0 bridgehead atoms. The molecule has 0 saturated heterocycles. The Morgan fingerprint density at radius 1 is 1.46 bits per heavy atom. The van der Waals surface area contributed by atoms with Crippen LogP contribution < -0.4 is 0 Å². The van der Waals surface area contributed by atoms with Crippen molar-refractivity contribution in [2.75, 3.05) is 7.05 Å². The smallest absolute Gasteiger partial charge is 0.0424 e. The summed E-state index contributed by atoms with van der Waals surface area (Å²) in [7, 11) is 2.16. The van der Waals surface area contributed by atoms with Gasteiger partial charge in [0, 0.05) is 24.5 Å². The molecule has 1 aromatic heterocycles. The average Bonchev–Trinajstić information content (AvgIpc) is 2.46. The van der Waals surface area contributed by atoms with Gasteiger partial charge in [-0.3, -0.25) is 9.88 Å². The summed E-state index contributed by atoms with van der Waals surface area (Å²) >= 11 is 0. The summed E-state index contributed by atoms with van der Waals surface area (Å²) in [4.78, 5) is 6.90. The summed E-state index contributed by atoms with van der Waals surface area (Å²) in [6.07, 6.45) is 1.04. The van der Waals surface area contributed by atoms with Crippen LogP contribution in [0.4, 0.5) is 0 Å². The molecule has 2 nitrogen and oxygen atoms in total. The van der Waals surface area contributed by atoms with Gasteiger partial charge in [-0.1, -0.05) is 6.92 Å². The predicted molar refractivity (Wildman–Crippen MR) is 53.5 cm³/mol. The van der Waals surface area contributed by atoms with Crippen LogP contribution in [0.25, 0.3) is 0 Å². The van der Waals surface area contributed by atoms with Crippen molar-refractivity contribution in [3.8, 4) is 0 Å². The number of aryl methyl sites for hydroxylation is 2. The molecule has 1 aliphatic heterocycles. The van der Waals surface area contributed by atoms with E-state index in [0.29, 0.717) is 0 Å². The van der Waals surface area contributed by atoms with Gasteiger partial charge in [-0.15, -0.1) is 0 Å². The highest BCUT2D eigenvalue weighted by molar-refractivity contribution is 5.35. The van der Waals surface area contributed by atoms with Gasteiger partial charge in [0.1, 0.15) is 0 Å². The molecule has 0 N–H and O–H groups in total. The fraction of sp³-hybridized carbons (Fsp3) is 0.545. The molecule has 2 heterocycles. The van der Waals surface area contributed by atoms with Gasteiger partial charge in [0.2, 0.25) is 0 Å². The highest BCUT2D eigenvalue weighted by Gasteiger charge is 2.18. The maximum absolute atomic E-state index is 4.57. The Morgan fingerprint density at radius 2 is 2.23 bits per heavy atom. The van der Waals surface area contributed by atoms with Crippen LogP contribution >= 0.6 is 0 Å². The number of rotatable bonds is 1. The van der Waals surface area contributed by atoms with E-state index in [1.807, 2.05) is 0 Å². The first kappa shape index (κ1) is 8.70. The summed E-state index contributed by atoms with van der Waals surface area (Å²) in [5.41, 5.74) is 5.37. The lowest BCUT2D eigenvalue weighted by Gasteiger charge is -2.04. The normalized spacial score (nSPS) is 16.2. The van der Waals surface area contributed by atoms with E-state index in [0.717, 1.165) is 19.5 Å². The van der Waals surface area contributed by atoms with Crippen molar-refractivity contribution in [2.45, 2.75) is 33.4 Å². The number of aromatic nitrogens is 1. The van der Waals surface area contributed by atoms with Crippen LogP contribution in [0, 0.1) is 6.92 Å². The molecule has 0 atom stereocenters. The van der Waals surface area contributed by atoms with Crippen LogP contribution in [0.5, 0.6) is 0 Å². The Bertz CT molecular complexity index is 331. The van der Waals surface area contributed by atoms with Gasteiger partial charge in [-0.05, 0) is 37.6 Å². The number of nitrogens with zero attached hydrogens (tertiary/aromatic N) is 2. The highest BCUT2D eigenvalue weighted by Crippen LogP contribution is 2.24. The fourth-order valence-electron chi connectivity index (χ4n) is 1.99. The van der Waals surface area contributed by atoms with Gasteiger partial charge < -0.3 is 0 Å². The number of fused-ring (bicyclic) bond motifs is 1. The third-order valence-corrected chi connectivity index (χ3v) is 2.71. The second kappa shape index (κ2) is 3.11. The monoisotopic (exact) mass is 176 g/mol. The first-order chi connectivity index (χ1) is 6.20. The average molecular weight is 176 g/mol. The van der Waals surface area contributed by atoms with E-state index in [-0.39, 0.29) is 0 Å². The minimum absolute atomic E-state index is 1.04. The minimum atomic E-state index is 1.04. The lowest BCUT2D eigenvalue weighted by Crippen LogP contribution is -2.07. The zero-order valence-corrected chi connectivity index (χ0v) is 8.59. The van der Waals surface area contributed by atoms with Gasteiger partial charge in [-0.2, -0.15) is 0 Å². The van der Waals surface area contributed by atoms with Gasteiger partial charge in [0.05, 0.1) is 0 Å². The SMILES string of the molecule is CCc1cc2c(c(C)n1)CN(C)C2. The Kier molecular flexibility index (Phi) is 2.08. The van der Waals surface area contributed by atoms with Crippen LogP contribution in [-0.4, -0.2) is 16.9 Å². The van der Waals surface area contributed by atoms with E-state index in [4.69, 9.17) is 0 Å². The molecule has 2 rings (SSSR count). The molecule has 0 radical (unpaired) electrons. The lowest BCUT2D eigenvalue weighted by molar-refractivity contribution is 0.352. The Hall–Kier alpha value is -0.890. The van der Waals surface area contributed by atoms with Crippen molar-refractivity contribution in [3.63, 3.8) is 0 Å². The maximum Gasteiger partial charge on any atom is 0.0424 e. The molecular formula is C11H16N2. The van der Waals surface area contributed by atoms with Gasteiger partial charge in [0.15, 0.2) is 0 Å². The van der Waals surface area contributed by atoms with Crippen LogP contribution in [0.1, 0.15) is 29.4 Å². The summed E-state index contributed by atoms with van der Waals surface area (Å²) in [5.74, 6) is 0. The Labute approximate surface area is 79.6 Å². The molecule has 0 aromatic carbocycles. The Morgan fingerprint density at radius 3 is 2.92 bits per heavy atom. The van der Waals surface area contributed by atoms with Crippen molar-refractivity contribution in [3.05, 3.63) is 28.6 Å². The summed E-state index contributed by atoms with van der Waals surface area (Å²) in [6.45, 7) is 6.44. The van der Waals surface area contributed by atoms with Crippen molar-refractivity contribution in [2.24, 2.45) is 0 Å². The highest BCUT2D eigenvalue weighted by atomic mass is 15.1. The molecule has 1 aliphatic rings. The van der Waals surface area contributed by atoms with E-state index in [9.17, 15) is 0 Å². The van der Waals surface area contributed by atoms with Gasteiger partial charge >= 0.3 is 0 Å². The third kappa shape index (κ3) is 1.46. The second-order valence-electron chi connectivity index (χ2n) is 3.86. The zero-order valence-electron chi connectivity index (χ0n) is 8.59. The van der Waals surface area contributed by atoms with E-state index >= 15 is 0 Å². The molecule has 0 amide bonds. The molecule has 0 spiro atoms. The largest absolute Gasteiger partial charge is 0.298 e. The van der Waals surface area contributed by atoms with Crippen LogP contribution in [0.15, 0.2) is 6.07 Å². The molecule has 2 heteroatoms. The standard InChI is InChI=1S/C11H16N2/c1-4-10-5-9-6-13(3)7-11(9)8(2)12-10/h5H,4,6-7H2,1-3H3. The Balaban J connectivity index is 2.46. The maximum atomic E-state index is 4.57. The second-order valence-corrected chi connectivity index (χ2v) is 3.86. The van der Waals surface area contributed by atoms with E-state index in [1.54, 1.807) is 0 Å². The van der Waals surface area contributed by atoms with Crippen molar-refractivity contribution >= 4 is 0 Å². The minimum Gasteiger partial charge on any atom is -0.298 e. The van der Waals surface area contributed by atoms with Crippen molar-refractivity contribution in [1.29, 1.82) is 0 Å². The summed E-state index contributed by atoms with van der Waals surface area (Å²) < 4.78 is 0. The zero-order chi connectivity index (χ0) is 9.42. The third-order valence-electron chi connectivity index (χ3n) is 2.71. The van der Waals surface area contributed by atoms with Crippen LogP contribution in [-0.2, 0) is 19.5 Å².